The van der Waals surface area contributed by atoms with E-state index >= 15 is 0 Å². The highest BCUT2D eigenvalue weighted by Crippen LogP contribution is 2.15. The molecule has 0 spiro atoms. The number of carbonyl (C=O) groups is 1. The zero-order chi connectivity index (χ0) is 13.0. The maximum absolute atomic E-state index is 12.0. The second-order valence-corrected chi connectivity index (χ2v) is 4.02. The molecular weight excluding hydrogens is 226 g/mol. The third-order valence-electron chi connectivity index (χ3n) is 2.78. The summed E-state index contributed by atoms with van der Waals surface area (Å²) in [6.45, 7) is 2.25. The molecule has 2 rings (SSSR count). The molecular formula is C14H15N3O. The number of nitrogens with two attached hydrogens (primary N) is 1. The Hall–Kier alpha value is -2.36. The van der Waals surface area contributed by atoms with E-state index in [9.17, 15) is 4.79 Å². The topological polar surface area (TPSA) is 68.0 Å². The highest BCUT2D eigenvalue weighted by atomic mass is 16.1. The first-order valence-electron chi connectivity index (χ1n) is 5.71. The van der Waals surface area contributed by atoms with Crippen molar-refractivity contribution in [2.75, 3.05) is 5.73 Å². The standard InChI is InChI=1S/C14H15N3O/c1-10-12(6-4-7-13(10)15)14(18)17-9-11-5-2-3-8-16-11/h2-8H,9,15H2,1H3,(H,17,18). The SMILES string of the molecule is Cc1c(N)cccc1C(=O)NCc1ccccn1. The number of anilines is 1. The highest BCUT2D eigenvalue weighted by Gasteiger charge is 2.09. The number of nitrogens with zero attached hydrogens (tertiary/aromatic N) is 1. The number of nitrogens with one attached hydrogen (secondary N) is 1. The molecule has 0 atom stereocenters. The average molecular weight is 241 g/mol. The van der Waals surface area contributed by atoms with Crippen molar-refractivity contribution in [2.24, 2.45) is 0 Å². The van der Waals surface area contributed by atoms with Crippen molar-refractivity contribution in [3.8, 4) is 0 Å². The van der Waals surface area contributed by atoms with Gasteiger partial charge < -0.3 is 11.1 Å². The fourth-order valence-electron chi connectivity index (χ4n) is 1.67. The second-order valence-electron chi connectivity index (χ2n) is 4.02. The van der Waals surface area contributed by atoms with Crippen LogP contribution in [0.4, 0.5) is 5.69 Å². The molecule has 0 saturated heterocycles. The molecule has 0 aliphatic carbocycles. The first-order valence-corrected chi connectivity index (χ1v) is 5.71. The van der Waals surface area contributed by atoms with Crippen molar-refractivity contribution >= 4 is 11.6 Å². The first kappa shape index (κ1) is 12.1. The van der Waals surface area contributed by atoms with Crippen LogP contribution in [0.2, 0.25) is 0 Å². The number of hydrogen-bond acceptors (Lipinski definition) is 3. The first-order chi connectivity index (χ1) is 8.68. The summed E-state index contributed by atoms with van der Waals surface area (Å²) >= 11 is 0. The number of aromatic nitrogens is 1. The van der Waals surface area contributed by atoms with E-state index in [1.165, 1.54) is 0 Å². The molecule has 4 nitrogen and oxygen atoms in total. The van der Waals surface area contributed by atoms with Crippen LogP contribution in [0.15, 0.2) is 42.6 Å². The van der Waals surface area contributed by atoms with Gasteiger partial charge in [-0.05, 0) is 36.8 Å². The van der Waals surface area contributed by atoms with Gasteiger partial charge in [0, 0.05) is 17.4 Å². The van der Waals surface area contributed by atoms with Crippen molar-refractivity contribution in [2.45, 2.75) is 13.5 Å². The Balaban J connectivity index is 2.07. The van der Waals surface area contributed by atoms with Crippen LogP contribution >= 0.6 is 0 Å². The molecule has 1 aromatic heterocycles. The number of nitrogen functional groups attached to an aromatic ring is 1. The summed E-state index contributed by atoms with van der Waals surface area (Å²) in [4.78, 5) is 16.1. The van der Waals surface area contributed by atoms with Crippen molar-refractivity contribution < 1.29 is 4.79 Å². The lowest BCUT2D eigenvalue weighted by atomic mass is 10.1. The number of benzene rings is 1. The molecule has 92 valence electrons. The summed E-state index contributed by atoms with van der Waals surface area (Å²) in [7, 11) is 0. The minimum atomic E-state index is -0.134. The van der Waals surface area contributed by atoms with Gasteiger partial charge in [0.15, 0.2) is 0 Å². The van der Waals surface area contributed by atoms with Crippen molar-refractivity contribution in [1.82, 2.24) is 10.3 Å². The van der Waals surface area contributed by atoms with Crippen LogP contribution in [0.1, 0.15) is 21.6 Å². The molecule has 1 heterocycles. The third-order valence-corrected chi connectivity index (χ3v) is 2.78. The third kappa shape index (κ3) is 2.66. The molecule has 0 aliphatic rings. The van der Waals surface area contributed by atoms with E-state index in [-0.39, 0.29) is 5.91 Å². The van der Waals surface area contributed by atoms with Crippen LogP contribution in [0.5, 0.6) is 0 Å². The smallest absolute Gasteiger partial charge is 0.251 e. The van der Waals surface area contributed by atoms with Crippen LogP contribution in [-0.2, 0) is 6.54 Å². The molecule has 0 aliphatic heterocycles. The second kappa shape index (κ2) is 5.31. The normalized spacial score (nSPS) is 10.1. The van der Waals surface area contributed by atoms with E-state index in [2.05, 4.69) is 10.3 Å². The minimum absolute atomic E-state index is 0.134. The van der Waals surface area contributed by atoms with Crippen molar-refractivity contribution in [3.63, 3.8) is 0 Å². The number of amides is 1. The zero-order valence-electron chi connectivity index (χ0n) is 10.2. The summed E-state index contributed by atoms with van der Waals surface area (Å²) in [5.74, 6) is -0.134. The lowest BCUT2D eigenvalue weighted by Crippen LogP contribution is -2.24. The molecule has 0 bridgehead atoms. The zero-order valence-corrected chi connectivity index (χ0v) is 10.2. The molecule has 1 aromatic carbocycles. The lowest BCUT2D eigenvalue weighted by Gasteiger charge is -2.08. The fraction of sp³-hybridized carbons (Fsp3) is 0.143. The van der Waals surface area contributed by atoms with Crippen LogP contribution in [0.25, 0.3) is 0 Å². The van der Waals surface area contributed by atoms with Gasteiger partial charge in [0.05, 0.1) is 12.2 Å². The van der Waals surface area contributed by atoms with Gasteiger partial charge in [-0.2, -0.15) is 0 Å². The maximum atomic E-state index is 12.0. The van der Waals surface area contributed by atoms with Gasteiger partial charge in [-0.1, -0.05) is 12.1 Å². The van der Waals surface area contributed by atoms with Gasteiger partial charge in [0.25, 0.3) is 5.91 Å². The molecule has 0 fully saturated rings. The summed E-state index contributed by atoms with van der Waals surface area (Å²) in [5.41, 5.74) is 8.63. The van der Waals surface area contributed by atoms with Crippen molar-refractivity contribution in [1.29, 1.82) is 0 Å². The summed E-state index contributed by atoms with van der Waals surface area (Å²) in [6.07, 6.45) is 1.70. The molecule has 4 heteroatoms. The number of hydrogen-bond donors (Lipinski definition) is 2. The lowest BCUT2D eigenvalue weighted by molar-refractivity contribution is 0.0950. The van der Waals surface area contributed by atoms with E-state index in [0.29, 0.717) is 17.8 Å². The van der Waals surface area contributed by atoms with Crippen molar-refractivity contribution in [3.05, 3.63) is 59.4 Å². The monoisotopic (exact) mass is 241 g/mol. The average Bonchev–Trinajstić information content (AvgIpc) is 2.40. The molecule has 0 unspecified atom stereocenters. The minimum Gasteiger partial charge on any atom is -0.398 e. The number of pyridine rings is 1. The van der Waals surface area contributed by atoms with E-state index in [4.69, 9.17) is 5.73 Å². The Morgan fingerprint density at radius 1 is 1.28 bits per heavy atom. The highest BCUT2D eigenvalue weighted by molar-refractivity contribution is 5.96. The molecule has 0 radical (unpaired) electrons. The van der Waals surface area contributed by atoms with Gasteiger partial charge in [-0.25, -0.2) is 0 Å². The van der Waals surface area contributed by atoms with Crippen LogP contribution in [0.3, 0.4) is 0 Å². The summed E-state index contributed by atoms with van der Waals surface area (Å²) < 4.78 is 0. The Morgan fingerprint density at radius 2 is 2.11 bits per heavy atom. The fourth-order valence-corrected chi connectivity index (χ4v) is 1.67. The molecule has 0 saturated carbocycles. The van der Waals surface area contributed by atoms with Gasteiger partial charge in [0.2, 0.25) is 0 Å². The van der Waals surface area contributed by atoms with Gasteiger partial charge in [-0.15, -0.1) is 0 Å². The Labute approximate surface area is 106 Å². The molecule has 3 N–H and O–H groups in total. The quantitative estimate of drug-likeness (QED) is 0.806. The van der Waals surface area contributed by atoms with E-state index < -0.39 is 0 Å². The van der Waals surface area contributed by atoms with Gasteiger partial charge in [-0.3, -0.25) is 9.78 Å². The van der Waals surface area contributed by atoms with Crippen LogP contribution < -0.4 is 11.1 Å². The Morgan fingerprint density at radius 3 is 2.83 bits per heavy atom. The van der Waals surface area contributed by atoms with Gasteiger partial charge in [0.1, 0.15) is 0 Å². The Bertz CT molecular complexity index is 552. The van der Waals surface area contributed by atoms with Crippen LogP contribution in [0, 0.1) is 6.92 Å². The molecule has 2 aromatic rings. The predicted molar refractivity (Wildman–Crippen MR) is 71.0 cm³/mol. The van der Waals surface area contributed by atoms with Gasteiger partial charge >= 0.3 is 0 Å². The number of carbonyl (C=O) groups excluding carboxylic acids is 1. The summed E-state index contributed by atoms with van der Waals surface area (Å²) in [5, 5.41) is 2.83. The maximum Gasteiger partial charge on any atom is 0.251 e. The molecule has 18 heavy (non-hydrogen) atoms. The van der Waals surface area contributed by atoms with E-state index in [1.807, 2.05) is 25.1 Å². The Kier molecular flexibility index (Phi) is 3.57. The van der Waals surface area contributed by atoms with Crippen LogP contribution in [-0.4, -0.2) is 10.9 Å². The van der Waals surface area contributed by atoms with E-state index in [1.54, 1.807) is 24.4 Å². The largest absolute Gasteiger partial charge is 0.398 e. The predicted octanol–water partition coefficient (Wildman–Crippen LogP) is 1.90. The molecule has 1 amide bonds. The summed E-state index contributed by atoms with van der Waals surface area (Å²) in [6, 6.07) is 10.9. The van der Waals surface area contributed by atoms with E-state index in [0.717, 1.165) is 11.3 Å². The number of rotatable bonds is 3.